The van der Waals surface area contributed by atoms with E-state index in [1.54, 1.807) is 6.92 Å². The van der Waals surface area contributed by atoms with Crippen LogP contribution in [-0.4, -0.2) is 12.6 Å². The monoisotopic (exact) mass is 182 g/mol. The van der Waals surface area contributed by atoms with Gasteiger partial charge in [-0.2, -0.15) is 0 Å². The first kappa shape index (κ1) is 11.8. The Balaban J connectivity index is 4.20. The number of alkyl halides is 3. The summed E-state index contributed by atoms with van der Waals surface area (Å²) in [5.74, 6) is -3.14. The lowest BCUT2D eigenvalue weighted by molar-refractivity contribution is -0.0625. The van der Waals surface area contributed by atoms with Gasteiger partial charge in [0.15, 0.2) is 6.67 Å². The summed E-state index contributed by atoms with van der Waals surface area (Å²) in [4.78, 5) is 0. The minimum absolute atomic E-state index is 0.344. The molecule has 0 aliphatic rings. The fourth-order valence-electron chi connectivity index (χ4n) is 1.17. The van der Waals surface area contributed by atoms with Gasteiger partial charge in [0.25, 0.3) is 5.92 Å². The summed E-state index contributed by atoms with van der Waals surface area (Å²) >= 11 is 0. The highest BCUT2D eigenvalue weighted by Gasteiger charge is 2.37. The molecule has 0 saturated carbocycles. The zero-order valence-corrected chi connectivity index (χ0v) is 7.96. The van der Waals surface area contributed by atoms with E-state index in [2.05, 4.69) is 0 Å². The smallest absolute Gasteiger partial charge is 0.244 e. The predicted octanol–water partition coefficient (Wildman–Crippen LogP) is 3.81. The van der Waals surface area contributed by atoms with Crippen molar-refractivity contribution in [3.63, 3.8) is 0 Å². The van der Waals surface area contributed by atoms with Crippen molar-refractivity contribution in [3.8, 4) is 0 Å². The van der Waals surface area contributed by atoms with Gasteiger partial charge >= 0.3 is 0 Å². The van der Waals surface area contributed by atoms with E-state index >= 15 is 0 Å². The third-order valence-electron chi connectivity index (χ3n) is 2.59. The molecule has 0 amide bonds. The van der Waals surface area contributed by atoms with E-state index in [1.807, 2.05) is 13.8 Å². The molecule has 0 saturated heterocycles. The molecular formula is C9H17F3. The van der Waals surface area contributed by atoms with E-state index < -0.39 is 18.0 Å². The van der Waals surface area contributed by atoms with Crippen molar-refractivity contribution in [3.05, 3.63) is 0 Å². The maximum Gasteiger partial charge on any atom is 0.276 e. The van der Waals surface area contributed by atoms with Crippen molar-refractivity contribution in [2.75, 3.05) is 6.67 Å². The second-order valence-electron chi connectivity index (χ2n) is 3.68. The Labute approximate surface area is 72.2 Å². The standard InChI is InChI=1S/C9H17F3/c1-4-8(3,5-2)6-9(11,12)7-10/h4-7H2,1-3H3. The molecule has 0 bridgehead atoms. The van der Waals surface area contributed by atoms with Crippen LogP contribution < -0.4 is 0 Å². The molecule has 0 aliphatic heterocycles. The van der Waals surface area contributed by atoms with Crippen molar-refractivity contribution in [1.82, 2.24) is 0 Å². The summed E-state index contributed by atoms with van der Waals surface area (Å²) < 4.78 is 37.1. The van der Waals surface area contributed by atoms with E-state index in [0.717, 1.165) is 0 Å². The Hall–Kier alpha value is -0.210. The fraction of sp³-hybridized carbons (Fsp3) is 1.00. The van der Waals surface area contributed by atoms with Crippen molar-refractivity contribution in [1.29, 1.82) is 0 Å². The van der Waals surface area contributed by atoms with Crippen molar-refractivity contribution in [2.45, 2.75) is 46.0 Å². The van der Waals surface area contributed by atoms with Gasteiger partial charge in [0.2, 0.25) is 0 Å². The quantitative estimate of drug-likeness (QED) is 0.606. The summed E-state index contributed by atoms with van der Waals surface area (Å²) in [7, 11) is 0. The molecule has 0 radical (unpaired) electrons. The average Bonchev–Trinajstić information content (AvgIpc) is 2.04. The second kappa shape index (κ2) is 4.15. The molecule has 0 N–H and O–H groups in total. The number of hydrogen-bond acceptors (Lipinski definition) is 0. The molecule has 0 aliphatic carbocycles. The Morgan fingerprint density at radius 3 is 1.75 bits per heavy atom. The molecule has 74 valence electrons. The highest BCUT2D eigenvalue weighted by atomic mass is 19.3. The van der Waals surface area contributed by atoms with Gasteiger partial charge in [0.05, 0.1) is 0 Å². The third kappa shape index (κ3) is 3.46. The number of hydrogen-bond donors (Lipinski definition) is 0. The first-order chi connectivity index (χ1) is 5.39. The molecule has 0 rings (SSSR count). The molecule has 0 aromatic heterocycles. The molecule has 0 aromatic rings. The van der Waals surface area contributed by atoms with Crippen LogP contribution >= 0.6 is 0 Å². The molecule has 3 heteroatoms. The van der Waals surface area contributed by atoms with Gasteiger partial charge in [0.1, 0.15) is 0 Å². The van der Waals surface area contributed by atoms with Crippen LogP contribution in [0.15, 0.2) is 0 Å². The second-order valence-corrected chi connectivity index (χ2v) is 3.68. The topological polar surface area (TPSA) is 0 Å². The molecule has 0 nitrogen and oxygen atoms in total. The lowest BCUT2D eigenvalue weighted by Gasteiger charge is -2.29. The summed E-state index contributed by atoms with van der Waals surface area (Å²) in [6.45, 7) is 3.95. The Morgan fingerprint density at radius 2 is 1.50 bits per heavy atom. The summed E-state index contributed by atoms with van der Waals surface area (Å²) in [5.41, 5.74) is -0.421. The van der Waals surface area contributed by atoms with Gasteiger partial charge in [-0.15, -0.1) is 0 Å². The SMILES string of the molecule is CCC(C)(CC)CC(F)(F)CF. The van der Waals surface area contributed by atoms with Crippen LogP contribution in [0.25, 0.3) is 0 Å². The van der Waals surface area contributed by atoms with Crippen LogP contribution in [-0.2, 0) is 0 Å². The van der Waals surface area contributed by atoms with E-state index in [1.165, 1.54) is 0 Å². The zero-order chi connectivity index (χ0) is 9.83. The molecule has 0 heterocycles. The van der Waals surface area contributed by atoms with E-state index in [9.17, 15) is 13.2 Å². The zero-order valence-electron chi connectivity index (χ0n) is 7.96. The summed E-state index contributed by atoms with van der Waals surface area (Å²) in [5, 5.41) is 0. The Bertz CT molecular complexity index is 128. The van der Waals surface area contributed by atoms with Crippen LogP contribution in [0.3, 0.4) is 0 Å². The molecule has 0 aromatic carbocycles. The van der Waals surface area contributed by atoms with Crippen LogP contribution in [0, 0.1) is 5.41 Å². The minimum Gasteiger partial charge on any atom is -0.244 e. The Morgan fingerprint density at radius 1 is 1.08 bits per heavy atom. The maximum atomic E-state index is 12.6. The highest BCUT2D eigenvalue weighted by molar-refractivity contribution is 4.79. The van der Waals surface area contributed by atoms with Crippen molar-refractivity contribution < 1.29 is 13.2 Å². The molecule has 0 atom stereocenters. The fourth-order valence-corrected chi connectivity index (χ4v) is 1.17. The van der Waals surface area contributed by atoms with Crippen molar-refractivity contribution in [2.24, 2.45) is 5.41 Å². The predicted molar refractivity (Wildman–Crippen MR) is 44.2 cm³/mol. The van der Waals surface area contributed by atoms with Gasteiger partial charge in [-0.05, 0) is 5.41 Å². The van der Waals surface area contributed by atoms with Crippen LogP contribution in [0.5, 0.6) is 0 Å². The molecular weight excluding hydrogens is 165 g/mol. The van der Waals surface area contributed by atoms with Gasteiger partial charge in [-0.3, -0.25) is 0 Å². The first-order valence-electron chi connectivity index (χ1n) is 4.33. The lowest BCUT2D eigenvalue weighted by atomic mass is 9.79. The van der Waals surface area contributed by atoms with Gasteiger partial charge in [0, 0.05) is 6.42 Å². The Kier molecular flexibility index (Phi) is 4.08. The molecule has 12 heavy (non-hydrogen) atoms. The van der Waals surface area contributed by atoms with Crippen LogP contribution in [0.1, 0.15) is 40.0 Å². The maximum absolute atomic E-state index is 12.6. The minimum atomic E-state index is -3.14. The van der Waals surface area contributed by atoms with Crippen LogP contribution in [0.4, 0.5) is 13.2 Å². The largest absolute Gasteiger partial charge is 0.276 e. The molecule has 0 spiro atoms. The van der Waals surface area contributed by atoms with Crippen LogP contribution in [0.2, 0.25) is 0 Å². The van der Waals surface area contributed by atoms with E-state index in [-0.39, 0.29) is 6.42 Å². The third-order valence-corrected chi connectivity index (χ3v) is 2.59. The van der Waals surface area contributed by atoms with Gasteiger partial charge in [-0.1, -0.05) is 33.6 Å². The van der Waals surface area contributed by atoms with Gasteiger partial charge < -0.3 is 0 Å². The molecule has 0 fully saturated rings. The normalized spacial score (nSPS) is 13.5. The van der Waals surface area contributed by atoms with Gasteiger partial charge in [-0.25, -0.2) is 13.2 Å². The average molecular weight is 182 g/mol. The summed E-state index contributed by atoms with van der Waals surface area (Å²) in [6, 6.07) is 0. The van der Waals surface area contributed by atoms with E-state index in [4.69, 9.17) is 0 Å². The first-order valence-corrected chi connectivity index (χ1v) is 4.33. The van der Waals surface area contributed by atoms with E-state index in [0.29, 0.717) is 12.8 Å². The van der Waals surface area contributed by atoms with Crippen molar-refractivity contribution >= 4 is 0 Å². The molecule has 0 unspecified atom stereocenters. The lowest BCUT2D eigenvalue weighted by Crippen LogP contribution is -2.29. The summed E-state index contributed by atoms with van der Waals surface area (Å²) in [6.07, 6.45) is 0.988. The number of halogens is 3. The number of rotatable bonds is 5. The highest BCUT2D eigenvalue weighted by Crippen LogP contribution is 2.37.